The van der Waals surface area contributed by atoms with Crippen molar-refractivity contribution in [2.45, 2.75) is 123 Å². The van der Waals surface area contributed by atoms with Gasteiger partial charge in [-0.1, -0.05) is 97.3 Å². The molecule has 0 aliphatic heterocycles. The third-order valence-corrected chi connectivity index (χ3v) is 7.12. The largest absolute Gasteiger partial charge is 0.756 e. The average molecular weight is 552 g/mol. The van der Waals surface area contributed by atoms with Crippen LogP contribution in [0, 0.1) is 0 Å². The minimum Gasteiger partial charge on any atom is -0.756 e. The molecule has 0 saturated heterocycles. The number of carbonyl (C=O) groups excluding carboxylic acids is 1. The van der Waals surface area contributed by atoms with Crippen LogP contribution < -0.4 is 4.89 Å². The van der Waals surface area contributed by atoms with Gasteiger partial charge in [-0.3, -0.25) is 9.36 Å². The molecule has 0 amide bonds. The number of carbonyl (C=O) groups is 1. The van der Waals surface area contributed by atoms with Crippen LogP contribution in [-0.2, 0) is 27.9 Å². The SMILES string of the molecule is CCCCCCCCCCCCCCCOCC(COP(=O)([O-])OCC[N+](C)(C)C)OC(=O)CCCC. The van der Waals surface area contributed by atoms with Crippen molar-refractivity contribution >= 4 is 13.8 Å². The zero-order chi connectivity index (χ0) is 27.8. The van der Waals surface area contributed by atoms with Crippen molar-refractivity contribution in [3.63, 3.8) is 0 Å². The molecule has 37 heavy (non-hydrogen) atoms. The van der Waals surface area contributed by atoms with E-state index >= 15 is 0 Å². The Morgan fingerprint density at radius 2 is 1.24 bits per heavy atom. The maximum atomic E-state index is 12.1. The van der Waals surface area contributed by atoms with Gasteiger partial charge >= 0.3 is 5.97 Å². The number of phosphoric acid groups is 1. The van der Waals surface area contributed by atoms with E-state index in [9.17, 15) is 14.3 Å². The second-order valence-corrected chi connectivity index (χ2v) is 12.5. The van der Waals surface area contributed by atoms with Gasteiger partial charge in [0.1, 0.15) is 19.3 Å². The van der Waals surface area contributed by atoms with E-state index in [4.69, 9.17) is 18.5 Å². The second-order valence-electron chi connectivity index (χ2n) is 11.1. The standard InChI is InChI=1S/C28H58NO7P/c1-6-8-10-11-12-13-14-15-16-17-18-19-20-23-33-25-27(36-28(30)21-9-7-2)26-35-37(31,32)34-24-22-29(3,4)5/h27H,6-26H2,1-5H3. The van der Waals surface area contributed by atoms with Crippen LogP contribution in [0.15, 0.2) is 0 Å². The van der Waals surface area contributed by atoms with E-state index in [1.807, 2.05) is 28.1 Å². The quantitative estimate of drug-likeness (QED) is 0.0504. The van der Waals surface area contributed by atoms with Crippen LogP contribution >= 0.6 is 7.82 Å². The Balaban J connectivity index is 4.08. The molecule has 0 aromatic rings. The Kier molecular flexibility index (Phi) is 23.1. The number of ether oxygens (including phenoxy) is 2. The molecule has 0 aliphatic carbocycles. The zero-order valence-electron chi connectivity index (χ0n) is 24.7. The molecule has 0 aliphatic rings. The van der Waals surface area contributed by atoms with Crippen molar-refractivity contribution in [2.24, 2.45) is 0 Å². The van der Waals surface area contributed by atoms with Crippen LogP contribution in [0.2, 0.25) is 0 Å². The predicted molar refractivity (Wildman–Crippen MR) is 148 cm³/mol. The smallest absolute Gasteiger partial charge is 0.306 e. The van der Waals surface area contributed by atoms with Crippen LogP contribution in [0.25, 0.3) is 0 Å². The van der Waals surface area contributed by atoms with E-state index in [1.54, 1.807) is 0 Å². The van der Waals surface area contributed by atoms with Gasteiger partial charge in [0.25, 0.3) is 7.82 Å². The van der Waals surface area contributed by atoms with Crippen molar-refractivity contribution in [2.75, 3.05) is 54.1 Å². The number of unbranched alkanes of at least 4 members (excludes halogenated alkanes) is 13. The van der Waals surface area contributed by atoms with Gasteiger partial charge in [0.05, 0.1) is 34.4 Å². The molecule has 2 atom stereocenters. The molecule has 9 heteroatoms. The monoisotopic (exact) mass is 551 g/mol. The molecule has 0 rings (SSSR count). The summed E-state index contributed by atoms with van der Waals surface area (Å²) in [6.45, 7) is 5.15. The Bertz CT molecular complexity index is 583. The molecule has 2 unspecified atom stereocenters. The minimum absolute atomic E-state index is 0.0286. The lowest BCUT2D eigenvalue weighted by atomic mass is 10.0. The molecule has 0 radical (unpaired) electrons. The summed E-state index contributed by atoms with van der Waals surface area (Å²) >= 11 is 0. The van der Waals surface area contributed by atoms with Crippen LogP contribution in [-0.4, -0.2) is 70.7 Å². The number of hydrogen-bond donors (Lipinski definition) is 0. The fourth-order valence-corrected chi connectivity index (χ4v) is 4.49. The molecule has 0 bridgehead atoms. The molecular formula is C28H58NO7P. The van der Waals surface area contributed by atoms with Gasteiger partial charge in [0, 0.05) is 13.0 Å². The highest BCUT2D eigenvalue weighted by atomic mass is 31.2. The highest BCUT2D eigenvalue weighted by Crippen LogP contribution is 2.38. The first-order valence-electron chi connectivity index (χ1n) is 14.8. The minimum atomic E-state index is -4.48. The maximum Gasteiger partial charge on any atom is 0.306 e. The highest BCUT2D eigenvalue weighted by Gasteiger charge is 2.20. The first-order valence-corrected chi connectivity index (χ1v) is 16.2. The summed E-state index contributed by atoms with van der Waals surface area (Å²) in [6, 6.07) is 0. The highest BCUT2D eigenvalue weighted by molar-refractivity contribution is 7.45. The lowest BCUT2D eigenvalue weighted by molar-refractivity contribution is -0.870. The fraction of sp³-hybridized carbons (Fsp3) is 0.964. The summed E-state index contributed by atoms with van der Waals surface area (Å²) in [5.41, 5.74) is 0. The Morgan fingerprint density at radius 1 is 0.730 bits per heavy atom. The number of quaternary nitrogens is 1. The molecule has 0 N–H and O–H groups in total. The van der Waals surface area contributed by atoms with E-state index in [0.717, 1.165) is 25.7 Å². The molecular weight excluding hydrogens is 493 g/mol. The Labute approximate surface area is 228 Å². The maximum absolute atomic E-state index is 12.1. The van der Waals surface area contributed by atoms with E-state index in [1.165, 1.54) is 70.6 Å². The van der Waals surface area contributed by atoms with Crippen molar-refractivity contribution in [1.82, 2.24) is 0 Å². The molecule has 0 saturated carbocycles. The number of phosphoric ester groups is 1. The first kappa shape index (κ1) is 36.5. The van der Waals surface area contributed by atoms with Gasteiger partial charge < -0.3 is 27.9 Å². The number of nitrogens with zero attached hydrogens (tertiary/aromatic N) is 1. The summed E-state index contributed by atoms with van der Waals surface area (Å²) in [6.07, 6.45) is 17.8. The first-order chi connectivity index (χ1) is 17.6. The van der Waals surface area contributed by atoms with Crippen LogP contribution in [0.5, 0.6) is 0 Å². The third kappa shape index (κ3) is 26.9. The van der Waals surface area contributed by atoms with E-state index < -0.39 is 13.9 Å². The molecule has 0 aromatic heterocycles. The zero-order valence-corrected chi connectivity index (χ0v) is 25.6. The van der Waals surface area contributed by atoms with E-state index in [-0.39, 0.29) is 25.8 Å². The number of hydrogen-bond acceptors (Lipinski definition) is 7. The summed E-state index contributed by atoms with van der Waals surface area (Å²) in [5.74, 6) is -0.369. The van der Waals surface area contributed by atoms with Crippen LogP contribution in [0.1, 0.15) is 117 Å². The Hall–Kier alpha value is -0.500. The molecule has 0 heterocycles. The summed E-state index contributed by atoms with van der Waals surface area (Å²) in [5, 5.41) is 0. The van der Waals surface area contributed by atoms with Crippen molar-refractivity contribution in [3.05, 3.63) is 0 Å². The summed E-state index contributed by atoms with van der Waals surface area (Å²) in [7, 11) is 1.36. The summed E-state index contributed by atoms with van der Waals surface area (Å²) < 4.78 is 33.7. The van der Waals surface area contributed by atoms with Gasteiger partial charge in [0.2, 0.25) is 0 Å². The molecule has 222 valence electrons. The van der Waals surface area contributed by atoms with Gasteiger partial charge in [-0.2, -0.15) is 0 Å². The van der Waals surface area contributed by atoms with Gasteiger partial charge in [0.15, 0.2) is 0 Å². The van der Waals surface area contributed by atoms with E-state index in [0.29, 0.717) is 24.1 Å². The number of rotatable bonds is 27. The van der Waals surface area contributed by atoms with E-state index in [2.05, 4.69) is 6.92 Å². The summed E-state index contributed by atoms with van der Waals surface area (Å²) in [4.78, 5) is 24.2. The lowest BCUT2D eigenvalue weighted by Crippen LogP contribution is -2.37. The Morgan fingerprint density at radius 3 is 1.76 bits per heavy atom. The molecule has 8 nitrogen and oxygen atoms in total. The third-order valence-electron chi connectivity index (χ3n) is 6.16. The predicted octanol–water partition coefficient (Wildman–Crippen LogP) is 6.40. The molecule has 0 fully saturated rings. The number of likely N-dealkylation sites (N-methyl/N-ethyl adjacent to an activating group) is 1. The van der Waals surface area contributed by atoms with Crippen molar-refractivity contribution < 1.29 is 37.3 Å². The normalized spacial score (nSPS) is 14.4. The van der Waals surface area contributed by atoms with Crippen LogP contribution in [0.3, 0.4) is 0 Å². The van der Waals surface area contributed by atoms with Crippen molar-refractivity contribution in [3.8, 4) is 0 Å². The molecule has 0 spiro atoms. The van der Waals surface area contributed by atoms with Gasteiger partial charge in [-0.25, -0.2) is 0 Å². The topological polar surface area (TPSA) is 94.1 Å². The average Bonchev–Trinajstić information content (AvgIpc) is 2.82. The van der Waals surface area contributed by atoms with Crippen molar-refractivity contribution in [1.29, 1.82) is 0 Å². The van der Waals surface area contributed by atoms with Gasteiger partial charge in [-0.15, -0.1) is 0 Å². The second kappa shape index (κ2) is 23.4. The lowest BCUT2D eigenvalue weighted by Gasteiger charge is -2.28. The number of esters is 1. The fourth-order valence-electron chi connectivity index (χ4n) is 3.76. The molecule has 0 aromatic carbocycles. The van der Waals surface area contributed by atoms with Gasteiger partial charge in [-0.05, 0) is 12.8 Å². The van der Waals surface area contributed by atoms with Crippen LogP contribution in [0.4, 0.5) is 0 Å².